The zero-order valence-corrected chi connectivity index (χ0v) is 13.0. The van der Waals surface area contributed by atoms with Crippen LogP contribution in [0, 0.1) is 6.92 Å². The summed E-state index contributed by atoms with van der Waals surface area (Å²) in [6.45, 7) is 2.03. The number of aromatic nitrogens is 4. The number of thioether (sulfide) groups is 1. The molecular weight excluding hydrogens is 300 g/mol. The van der Waals surface area contributed by atoms with Crippen LogP contribution in [-0.4, -0.2) is 38.6 Å². The fourth-order valence-corrected chi connectivity index (χ4v) is 2.61. The zero-order chi connectivity index (χ0) is 15.5. The van der Waals surface area contributed by atoms with Gasteiger partial charge in [-0.3, -0.25) is 4.79 Å². The average Bonchev–Trinajstić information content (AvgIpc) is 2.96. The van der Waals surface area contributed by atoms with Crippen LogP contribution in [0.4, 0.5) is 0 Å². The molecule has 0 amide bonds. The minimum Gasteiger partial charge on any atom is -0.468 e. The number of esters is 1. The van der Waals surface area contributed by atoms with E-state index in [0.717, 1.165) is 5.56 Å². The van der Waals surface area contributed by atoms with Crippen molar-refractivity contribution in [2.45, 2.75) is 11.9 Å². The van der Waals surface area contributed by atoms with E-state index in [0.29, 0.717) is 16.5 Å². The largest absolute Gasteiger partial charge is 0.468 e. The van der Waals surface area contributed by atoms with Crippen LogP contribution in [-0.2, 0) is 9.53 Å². The van der Waals surface area contributed by atoms with Crippen LogP contribution in [0.1, 0.15) is 5.56 Å². The molecule has 0 saturated carbocycles. The summed E-state index contributed by atoms with van der Waals surface area (Å²) in [5, 5.41) is 13.5. The third-order valence-electron chi connectivity index (χ3n) is 3.11. The van der Waals surface area contributed by atoms with E-state index in [-0.39, 0.29) is 11.7 Å². The summed E-state index contributed by atoms with van der Waals surface area (Å²) < 4.78 is 6.31. The predicted molar refractivity (Wildman–Crippen MR) is 83.7 cm³/mol. The maximum Gasteiger partial charge on any atom is 0.316 e. The highest BCUT2D eigenvalue weighted by molar-refractivity contribution is 7.99. The molecule has 0 atom stereocenters. The third kappa shape index (κ3) is 2.94. The third-order valence-corrected chi connectivity index (χ3v) is 4.01. The van der Waals surface area contributed by atoms with E-state index in [9.17, 15) is 4.79 Å². The van der Waals surface area contributed by atoms with Gasteiger partial charge in [-0.05, 0) is 19.1 Å². The van der Waals surface area contributed by atoms with Crippen molar-refractivity contribution < 1.29 is 9.53 Å². The van der Waals surface area contributed by atoms with Crippen LogP contribution in [0.15, 0.2) is 41.4 Å². The summed E-state index contributed by atoms with van der Waals surface area (Å²) in [5.74, 6) is 0.613. The Bertz CT molecular complexity index is 814. The topological polar surface area (TPSA) is 69.4 Å². The van der Waals surface area contributed by atoms with Gasteiger partial charge < -0.3 is 4.74 Å². The van der Waals surface area contributed by atoms with Gasteiger partial charge in [0.05, 0.1) is 12.9 Å². The highest BCUT2D eigenvalue weighted by Gasteiger charge is 2.11. The van der Waals surface area contributed by atoms with Crippen molar-refractivity contribution in [2.24, 2.45) is 0 Å². The first-order valence-electron chi connectivity index (χ1n) is 6.66. The van der Waals surface area contributed by atoms with Crippen LogP contribution in [0.25, 0.3) is 17.0 Å². The second-order valence-corrected chi connectivity index (χ2v) is 5.69. The number of carbonyl (C=O) groups is 1. The van der Waals surface area contributed by atoms with Crippen molar-refractivity contribution >= 4 is 23.4 Å². The Morgan fingerprint density at radius 1 is 1.18 bits per heavy atom. The Morgan fingerprint density at radius 2 is 1.95 bits per heavy atom. The lowest BCUT2D eigenvalue weighted by Gasteiger charge is -2.03. The Balaban J connectivity index is 1.94. The minimum atomic E-state index is -0.283. The number of hydrogen-bond donors (Lipinski definition) is 0. The first-order valence-corrected chi connectivity index (χ1v) is 7.65. The minimum absolute atomic E-state index is 0.219. The SMILES string of the molecule is COC(=O)CSc1ccc2nnc(-c3ccc(C)cc3)n2n1. The molecule has 0 aliphatic carbocycles. The van der Waals surface area contributed by atoms with Crippen molar-refractivity contribution in [2.75, 3.05) is 12.9 Å². The van der Waals surface area contributed by atoms with E-state index in [1.54, 1.807) is 4.52 Å². The van der Waals surface area contributed by atoms with Gasteiger partial charge in [-0.2, -0.15) is 9.61 Å². The molecular formula is C15H14N4O2S. The first kappa shape index (κ1) is 14.5. The molecule has 3 aromatic rings. The molecule has 0 radical (unpaired) electrons. The molecule has 2 aromatic heterocycles. The number of hydrogen-bond acceptors (Lipinski definition) is 6. The lowest BCUT2D eigenvalue weighted by Crippen LogP contribution is -2.04. The highest BCUT2D eigenvalue weighted by atomic mass is 32.2. The lowest BCUT2D eigenvalue weighted by atomic mass is 10.1. The monoisotopic (exact) mass is 314 g/mol. The second kappa shape index (κ2) is 6.15. The Hall–Kier alpha value is -2.41. The molecule has 112 valence electrons. The van der Waals surface area contributed by atoms with Gasteiger partial charge >= 0.3 is 5.97 Å². The molecule has 0 aliphatic heterocycles. The first-order chi connectivity index (χ1) is 10.7. The molecule has 0 spiro atoms. The summed E-state index contributed by atoms with van der Waals surface area (Å²) in [7, 11) is 1.37. The van der Waals surface area contributed by atoms with Gasteiger partial charge in [0.15, 0.2) is 11.5 Å². The second-order valence-electron chi connectivity index (χ2n) is 4.70. The van der Waals surface area contributed by atoms with Crippen molar-refractivity contribution in [3.63, 3.8) is 0 Å². The standard InChI is InChI=1S/C15H14N4O2S/c1-10-3-5-11(6-4-10)15-17-16-12-7-8-13(18-19(12)15)22-9-14(20)21-2/h3-8H,9H2,1-2H3. The molecule has 6 nitrogen and oxygen atoms in total. The van der Waals surface area contributed by atoms with E-state index >= 15 is 0 Å². The van der Waals surface area contributed by atoms with Gasteiger partial charge in [0.2, 0.25) is 0 Å². The van der Waals surface area contributed by atoms with E-state index in [4.69, 9.17) is 0 Å². The number of rotatable bonds is 4. The van der Waals surface area contributed by atoms with Crippen molar-refractivity contribution in [1.82, 2.24) is 19.8 Å². The van der Waals surface area contributed by atoms with Crippen molar-refractivity contribution in [3.8, 4) is 11.4 Å². The summed E-state index contributed by atoms with van der Waals surface area (Å²) in [6.07, 6.45) is 0. The van der Waals surface area contributed by atoms with Crippen LogP contribution in [0.3, 0.4) is 0 Å². The smallest absolute Gasteiger partial charge is 0.316 e. The normalized spacial score (nSPS) is 10.8. The number of methoxy groups -OCH3 is 1. The van der Waals surface area contributed by atoms with Gasteiger partial charge in [0.25, 0.3) is 0 Å². The van der Waals surface area contributed by atoms with E-state index < -0.39 is 0 Å². The molecule has 0 fully saturated rings. The summed E-state index contributed by atoms with van der Waals surface area (Å²) >= 11 is 1.32. The van der Waals surface area contributed by atoms with Gasteiger partial charge in [-0.1, -0.05) is 41.6 Å². The molecule has 22 heavy (non-hydrogen) atoms. The predicted octanol–water partition coefficient (Wildman–Crippen LogP) is 2.36. The maximum atomic E-state index is 11.2. The summed E-state index contributed by atoms with van der Waals surface area (Å²) in [4.78, 5) is 11.2. The van der Waals surface area contributed by atoms with Gasteiger partial charge in [0.1, 0.15) is 5.03 Å². The van der Waals surface area contributed by atoms with Crippen LogP contribution >= 0.6 is 11.8 Å². The van der Waals surface area contributed by atoms with Crippen molar-refractivity contribution in [1.29, 1.82) is 0 Å². The number of ether oxygens (including phenoxy) is 1. The molecule has 0 unspecified atom stereocenters. The van der Waals surface area contributed by atoms with Crippen LogP contribution < -0.4 is 0 Å². The van der Waals surface area contributed by atoms with Gasteiger partial charge in [-0.25, -0.2) is 0 Å². The number of benzene rings is 1. The molecule has 1 aromatic carbocycles. The van der Waals surface area contributed by atoms with Gasteiger partial charge in [0, 0.05) is 5.56 Å². The van der Waals surface area contributed by atoms with Crippen molar-refractivity contribution in [3.05, 3.63) is 42.0 Å². The molecule has 7 heteroatoms. The Morgan fingerprint density at radius 3 is 2.68 bits per heavy atom. The zero-order valence-electron chi connectivity index (χ0n) is 12.2. The molecule has 0 saturated heterocycles. The molecule has 0 N–H and O–H groups in total. The Labute approximate surface area is 131 Å². The highest BCUT2D eigenvalue weighted by Crippen LogP contribution is 2.21. The fraction of sp³-hybridized carbons (Fsp3) is 0.200. The van der Waals surface area contributed by atoms with Crippen LogP contribution in [0.2, 0.25) is 0 Å². The number of nitrogens with zero attached hydrogens (tertiary/aromatic N) is 4. The van der Waals surface area contributed by atoms with Crippen LogP contribution in [0.5, 0.6) is 0 Å². The number of fused-ring (bicyclic) bond motifs is 1. The molecule has 3 rings (SSSR count). The summed E-state index contributed by atoms with van der Waals surface area (Å²) in [6, 6.07) is 11.7. The van der Waals surface area contributed by atoms with E-state index in [1.807, 2.05) is 43.3 Å². The molecule has 0 bridgehead atoms. The maximum absolute atomic E-state index is 11.2. The Kier molecular flexibility index (Phi) is 4.06. The number of carbonyl (C=O) groups excluding carboxylic acids is 1. The molecule has 0 aliphatic rings. The number of aryl methyl sites for hydroxylation is 1. The van der Waals surface area contributed by atoms with Gasteiger partial charge in [-0.15, -0.1) is 10.2 Å². The van der Waals surface area contributed by atoms with E-state index in [1.165, 1.54) is 24.4 Å². The fourth-order valence-electron chi connectivity index (χ4n) is 1.92. The quantitative estimate of drug-likeness (QED) is 0.544. The lowest BCUT2D eigenvalue weighted by molar-refractivity contribution is -0.137. The summed E-state index contributed by atoms with van der Waals surface area (Å²) in [5.41, 5.74) is 2.79. The molecule has 2 heterocycles. The average molecular weight is 314 g/mol. The van der Waals surface area contributed by atoms with E-state index in [2.05, 4.69) is 20.0 Å².